The molecular weight excluding hydrogens is 390 g/mol. The molecule has 2 N–H and O–H groups in total. The van der Waals surface area contributed by atoms with Crippen molar-refractivity contribution in [2.24, 2.45) is 7.05 Å². The lowest BCUT2D eigenvalue weighted by Gasteiger charge is -2.36. The molecule has 0 saturated carbocycles. The van der Waals surface area contributed by atoms with E-state index < -0.39 is 5.97 Å². The highest BCUT2D eigenvalue weighted by atomic mass is 16.4. The normalized spacial score (nSPS) is 15.8. The number of aryl methyl sites for hydroxylation is 1. The Labute approximate surface area is 180 Å². The SMILES string of the molecule is CNC1CCN(c2nc(C(=O)O)cc3ccccc23)c2ccc(-c3cnn(C)c3)cc21. The summed E-state index contributed by atoms with van der Waals surface area (Å²) < 4.78 is 1.80. The standard InChI is InChI=1S/C24H23N5O2/c1-25-20-9-10-29(22-8-7-15(11-19(20)22)17-13-26-28(2)14-17)23-18-6-4-3-5-16(18)12-21(27-23)24(30)31/h3-8,11-14,20,25H,9-10H2,1-2H3,(H,30,31). The molecule has 5 rings (SSSR count). The van der Waals surface area contributed by atoms with Gasteiger partial charge in [0.05, 0.1) is 6.20 Å². The number of aromatic carboxylic acids is 1. The molecule has 0 radical (unpaired) electrons. The fraction of sp³-hybridized carbons (Fsp3) is 0.208. The van der Waals surface area contributed by atoms with Crippen LogP contribution in [0.2, 0.25) is 0 Å². The van der Waals surface area contributed by atoms with E-state index in [1.54, 1.807) is 10.7 Å². The van der Waals surface area contributed by atoms with Crippen molar-refractivity contribution < 1.29 is 9.90 Å². The highest BCUT2D eigenvalue weighted by molar-refractivity contribution is 5.99. The zero-order chi connectivity index (χ0) is 21.5. The second-order valence-electron chi connectivity index (χ2n) is 7.82. The number of aromatic nitrogens is 3. The van der Waals surface area contributed by atoms with Crippen LogP contribution in [0.4, 0.5) is 11.5 Å². The summed E-state index contributed by atoms with van der Waals surface area (Å²) in [5.41, 5.74) is 4.43. The van der Waals surface area contributed by atoms with Crippen LogP contribution in [0, 0.1) is 0 Å². The van der Waals surface area contributed by atoms with Crippen LogP contribution in [0.15, 0.2) is 60.9 Å². The second kappa shape index (κ2) is 7.52. The molecule has 2 aromatic carbocycles. The topological polar surface area (TPSA) is 83.3 Å². The molecule has 0 bridgehead atoms. The number of carbonyl (C=O) groups is 1. The van der Waals surface area contributed by atoms with Gasteiger partial charge in [-0.05, 0) is 48.2 Å². The third-order valence-electron chi connectivity index (χ3n) is 5.92. The van der Waals surface area contributed by atoms with Gasteiger partial charge in [-0.25, -0.2) is 9.78 Å². The first-order valence-electron chi connectivity index (χ1n) is 10.3. The van der Waals surface area contributed by atoms with Crippen LogP contribution in [0.5, 0.6) is 0 Å². The van der Waals surface area contributed by atoms with Crippen molar-refractivity contribution in [3.05, 3.63) is 72.2 Å². The van der Waals surface area contributed by atoms with Crippen LogP contribution in [0.1, 0.15) is 28.5 Å². The zero-order valence-corrected chi connectivity index (χ0v) is 17.4. The van der Waals surface area contributed by atoms with Crippen LogP contribution >= 0.6 is 0 Å². The minimum absolute atomic E-state index is 0.0537. The van der Waals surface area contributed by atoms with Crippen LogP contribution < -0.4 is 10.2 Å². The number of pyridine rings is 1. The number of hydrogen-bond donors (Lipinski definition) is 2. The third kappa shape index (κ3) is 3.33. The quantitative estimate of drug-likeness (QED) is 0.523. The molecule has 4 aromatic rings. The number of carboxylic acids is 1. The maximum atomic E-state index is 11.7. The van der Waals surface area contributed by atoms with Crippen molar-refractivity contribution in [3.63, 3.8) is 0 Å². The Morgan fingerprint density at radius 2 is 2.00 bits per heavy atom. The summed E-state index contributed by atoms with van der Waals surface area (Å²) in [6, 6.07) is 16.0. The summed E-state index contributed by atoms with van der Waals surface area (Å²) in [6.45, 7) is 0.741. The van der Waals surface area contributed by atoms with Crippen molar-refractivity contribution in [1.82, 2.24) is 20.1 Å². The number of fused-ring (bicyclic) bond motifs is 2. The predicted molar refractivity (Wildman–Crippen MR) is 121 cm³/mol. The minimum atomic E-state index is -1.02. The first-order valence-corrected chi connectivity index (χ1v) is 10.3. The number of benzene rings is 2. The Hall–Kier alpha value is -3.71. The fourth-order valence-corrected chi connectivity index (χ4v) is 4.38. The van der Waals surface area contributed by atoms with Crippen LogP contribution in [-0.4, -0.2) is 39.4 Å². The van der Waals surface area contributed by atoms with E-state index in [4.69, 9.17) is 0 Å². The number of nitrogens with zero attached hydrogens (tertiary/aromatic N) is 4. The summed E-state index contributed by atoms with van der Waals surface area (Å²) in [5.74, 6) is -0.343. The summed E-state index contributed by atoms with van der Waals surface area (Å²) in [7, 11) is 3.88. The summed E-state index contributed by atoms with van der Waals surface area (Å²) in [4.78, 5) is 18.4. The Balaban J connectivity index is 1.68. The Morgan fingerprint density at radius 1 is 1.16 bits per heavy atom. The van der Waals surface area contributed by atoms with Crippen LogP contribution in [0.25, 0.3) is 21.9 Å². The van der Waals surface area contributed by atoms with Crippen molar-refractivity contribution in [3.8, 4) is 11.1 Å². The first kappa shape index (κ1) is 19.3. The molecule has 0 saturated heterocycles. The van der Waals surface area contributed by atoms with E-state index in [1.165, 1.54) is 5.56 Å². The van der Waals surface area contributed by atoms with Gasteiger partial charge in [0.15, 0.2) is 5.69 Å². The van der Waals surface area contributed by atoms with Gasteiger partial charge in [-0.15, -0.1) is 0 Å². The van der Waals surface area contributed by atoms with Gasteiger partial charge < -0.3 is 15.3 Å². The number of carboxylic acid groups (broad SMARTS) is 1. The predicted octanol–water partition coefficient (Wildman–Crippen LogP) is 4.14. The monoisotopic (exact) mass is 413 g/mol. The van der Waals surface area contributed by atoms with Gasteiger partial charge in [-0.2, -0.15) is 5.10 Å². The lowest BCUT2D eigenvalue weighted by molar-refractivity contribution is 0.0691. The minimum Gasteiger partial charge on any atom is -0.477 e. The molecule has 3 heterocycles. The average Bonchev–Trinajstić information content (AvgIpc) is 3.23. The van der Waals surface area contributed by atoms with Gasteiger partial charge in [-0.3, -0.25) is 4.68 Å². The lowest BCUT2D eigenvalue weighted by Crippen LogP contribution is -2.32. The number of anilines is 2. The van der Waals surface area contributed by atoms with Gasteiger partial charge in [-0.1, -0.05) is 30.3 Å². The molecule has 1 atom stereocenters. The molecule has 0 amide bonds. The first-order chi connectivity index (χ1) is 15.0. The Bertz CT molecular complexity index is 1300. The summed E-state index contributed by atoms with van der Waals surface area (Å²) in [5, 5.41) is 19.1. The van der Waals surface area contributed by atoms with Crippen LogP contribution in [-0.2, 0) is 7.05 Å². The zero-order valence-electron chi connectivity index (χ0n) is 17.4. The molecule has 0 aliphatic carbocycles. The molecular formula is C24H23N5O2. The molecule has 156 valence electrons. The van der Waals surface area contributed by atoms with Gasteiger partial charge in [0.25, 0.3) is 0 Å². The fourth-order valence-electron chi connectivity index (χ4n) is 4.38. The van der Waals surface area contributed by atoms with Crippen molar-refractivity contribution >= 4 is 28.2 Å². The number of rotatable bonds is 4. The lowest BCUT2D eigenvalue weighted by atomic mass is 9.93. The molecule has 7 nitrogen and oxygen atoms in total. The summed E-state index contributed by atoms with van der Waals surface area (Å²) in [6.07, 6.45) is 4.75. The molecule has 31 heavy (non-hydrogen) atoms. The van der Waals surface area contributed by atoms with Crippen molar-refractivity contribution in [2.45, 2.75) is 12.5 Å². The van der Waals surface area contributed by atoms with Crippen molar-refractivity contribution in [2.75, 3.05) is 18.5 Å². The van der Waals surface area contributed by atoms with Gasteiger partial charge in [0, 0.05) is 42.5 Å². The maximum Gasteiger partial charge on any atom is 0.354 e. The van der Waals surface area contributed by atoms with Gasteiger partial charge >= 0.3 is 5.97 Å². The van der Waals surface area contributed by atoms with Crippen molar-refractivity contribution in [1.29, 1.82) is 0 Å². The molecule has 1 aliphatic rings. The number of hydrogen-bond acceptors (Lipinski definition) is 5. The summed E-state index contributed by atoms with van der Waals surface area (Å²) >= 11 is 0. The number of nitrogens with one attached hydrogen (secondary N) is 1. The highest BCUT2D eigenvalue weighted by Crippen LogP contribution is 2.41. The molecule has 7 heteroatoms. The van der Waals surface area contributed by atoms with E-state index in [1.807, 2.05) is 50.8 Å². The Kier molecular flexibility index (Phi) is 4.67. The third-order valence-corrected chi connectivity index (χ3v) is 5.92. The second-order valence-corrected chi connectivity index (χ2v) is 7.82. The van der Waals surface area contributed by atoms with Gasteiger partial charge in [0.2, 0.25) is 0 Å². The van der Waals surface area contributed by atoms with E-state index in [0.29, 0.717) is 5.82 Å². The molecule has 0 fully saturated rings. The van der Waals surface area contributed by atoms with E-state index in [0.717, 1.165) is 40.6 Å². The van der Waals surface area contributed by atoms with E-state index in [2.05, 4.69) is 38.5 Å². The van der Waals surface area contributed by atoms with E-state index >= 15 is 0 Å². The van der Waals surface area contributed by atoms with E-state index in [9.17, 15) is 9.90 Å². The van der Waals surface area contributed by atoms with Gasteiger partial charge in [0.1, 0.15) is 5.82 Å². The molecule has 1 aliphatic heterocycles. The van der Waals surface area contributed by atoms with E-state index in [-0.39, 0.29) is 11.7 Å². The maximum absolute atomic E-state index is 11.7. The molecule has 1 unspecified atom stereocenters. The smallest absolute Gasteiger partial charge is 0.354 e. The average molecular weight is 413 g/mol. The molecule has 2 aromatic heterocycles. The van der Waals surface area contributed by atoms with Crippen LogP contribution in [0.3, 0.4) is 0 Å². The molecule has 0 spiro atoms. The highest BCUT2D eigenvalue weighted by Gasteiger charge is 2.28. The Morgan fingerprint density at radius 3 is 2.74 bits per heavy atom. The largest absolute Gasteiger partial charge is 0.477 e.